The number of nitrogens with zero attached hydrogens (tertiary/aromatic N) is 1. The Balaban J connectivity index is 1.65. The molecule has 1 aromatic rings. The van der Waals surface area contributed by atoms with Crippen molar-refractivity contribution in [3.05, 3.63) is 35.4 Å². The maximum atomic E-state index is 5.49. The molecule has 3 nitrogen and oxygen atoms in total. The predicted octanol–water partition coefficient (Wildman–Crippen LogP) is 3.15. The molecule has 1 heterocycles. The van der Waals surface area contributed by atoms with E-state index in [-0.39, 0.29) is 5.54 Å². The third-order valence-electron chi connectivity index (χ3n) is 5.27. The third-order valence-corrected chi connectivity index (χ3v) is 5.27. The number of morpholine rings is 1. The van der Waals surface area contributed by atoms with Gasteiger partial charge in [-0.2, -0.15) is 0 Å². The van der Waals surface area contributed by atoms with Gasteiger partial charge in [0.05, 0.1) is 13.2 Å². The molecule has 0 bridgehead atoms. The van der Waals surface area contributed by atoms with Crippen molar-refractivity contribution in [1.82, 2.24) is 10.2 Å². The van der Waals surface area contributed by atoms with Crippen molar-refractivity contribution in [2.75, 3.05) is 32.8 Å². The minimum atomic E-state index is 0.186. The van der Waals surface area contributed by atoms with Crippen LogP contribution >= 0.6 is 0 Å². The van der Waals surface area contributed by atoms with Gasteiger partial charge < -0.3 is 10.1 Å². The SMILES string of the molecule is CC(C)(CNC1CCCCc2ccccc21)N1CCOCC1. The fourth-order valence-electron chi connectivity index (χ4n) is 3.79. The molecule has 3 heteroatoms. The lowest BCUT2D eigenvalue weighted by Crippen LogP contribution is -2.55. The van der Waals surface area contributed by atoms with Crippen LogP contribution in [0.2, 0.25) is 0 Å². The molecule has 1 N–H and O–H groups in total. The standard InChI is InChI=1S/C19H30N2O/c1-19(2,21-11-13-22-14-12-21)15-20-18-10-6-4-8-16-7-3-5-9-17(16)18/h3,5,7,9,18,20H,4,6,8,10-15H2,1-2H3. The zero-order valence-corrected chi connectivity index (χ0v) is 14.1. The number of hydrogen-bond acceptors (Lipinski definition) is 3. The molecule has 2 aliphatic rings. The summed E-state index contributed by atoms with van der Waals surface area (Å²) in [4.78, 5) is 2.56. The van der Waals surface area contributed by atoms with E-state index >= 15 is 0 Å². The number of fused-ring (bicyclic) bond motifs is 1. The molecule has 1 saturated heterocycles. The van der Waals surface area contributed by atoms with Crippen molar-refractivity contribution in [1.29, 1.82) is 0 Å². The highest BCUT2D eigenvalue weighted by atomic mass is 16.5. The van der Waals surface area contributed by atoms with Gasteiger partial charge >= 0.3 is 0 Å². The molecule has 0 aromatic heterocycles. The van der Waals surface area contributed by atoms with Crippen LogP contribution in [0.3, 0.4) is 0 Å². The van der Waals surface area contributed by atoms with Crippen LogP contribution in [0.5, 0.6) is 0 Å². The van der Waals surface area contributed by atoms with Gasteiger partial charge in [-0.15, -0.1) is 0 Å². The van der Waals surface area contributed by atoms with E-state index in [4.69, 9.17) is 4.74 Å². The molecule has 1 fully saturated rings. The number of aryl methyl sites for hydroxylation is 1. The average Bonchev–Trinajstić information content (AvgIpc) is 2.76. The lowest BCUT2D eigenvalue weighted by Gasteiger charge is -2.41. The van der Waals surface area contributed by atoms with Crippen LogP contribution in [0.4, 0.5) is 0 Å². The summed E-state index contributed by atoms with van der Waals surface area (Å²) in [5, 5.41) is 3.87. The Bertz CT molecular complexity index is 480. The van der Waals surface area contributed by atoms with Crippen LogP contribution in [0.25, 0.3) is 0 Å². The Labute approximate surface area is 135 Å². The van der Waals surface area contributed by atoms with Gasteiger partial charge in [-0.1, -0.05) is 30.7 Å². The van der Waals surface area contributed by atoms with E-state index in [2.05, 4.69) is 48.3 Å². The highest BCUT2D eigenvalue weighted by Crippen LogP contribution is 2.29. The van der Waals surface area contributed by atoms with Crippen molar-refractivity contribution in [3.8, 4) is 0 Å². The minimum Gasteiger partial charge on any atom is -0.379 e. The molecule has 1 aliphatic carbocycles. The summed E-state index contributed by atoms with van der Waals surface area (Å²) in [6, 6.07) is 9.51. The molecule has 1 atom stereocenters. The summed E-state index contributed by atoms with van der Waals surface area (Å²) in [7, 11) is 0. The number of rotatable bonds is 4. The predicted molar refractivity (Wildman–Crippen MR) is 91.2 cm³/mol. The Morgan fingerprint density at radius 2 is 1.95 bits per heavy atom. The molecule has 1 unspecified atom stereocenters. The Hall–Kier alpha value is -0.900. The van der Waals surface area contributed by atoms with Crippen LogP contribution in [-0.2, 0) is 11.2 Å². The monoisotopic (exact) mass is 302 g/mol. The molecule has 0 spiro atoms. The number of benzene rings is 1. The fourth-order valence-corrected chi connectivity index (χ4v) is 3.79. The van der Waals surface area contributed by atoms with E-state index in [9.17, 15) is 0 Å². The first-order valence-electron chi connectivity index (χ1n) is 8.81. The summed E-state index contributed by atoms with van der Waals surface area (Å²) >= 11 is 0. The van der Waals surface area contributed by atoms with E-state index in [1.807, 2.05) is 0 Å². The Kier molecular flexibility index (Phi) is 5.17. The highest BCUT2D eigenvalue weighted by Gasteiger charge is 2.29. The van der Waals surface area contributed by atoms with E-state index < -0.39 is 0 Å². The zero-order valence-electron chi connectivity index (χ0n) is 14.1. The minimum absolute atomic E-state index is 0.186. The van der Waals surface area contributed by atoms with Crippen molar-refractivity contribution < 1.29 is 4.74 Å². The molecule has 1 aromatic carbocycles. The number of ether oxygens (including phenoxy) is 1. The fraction of sp³-hybridized carbons (Fsp3) is 0.684. The normalized spacial score (nSPS) is 23.8. The third kappa shape index (κ3) is 3.70. The van der Waals surface area contributed by atoms with E-state index in [0.29, 0.717) is 6.04 Å². The van der Waals surface area contributed by atoms with Gasteiger partial charge in [0.2, 0.25) is 0 Å². The van der Waals surface area contributed by atoms with Crippen LogP contribution < -0.4 is 5.32 Å². The van der Waals surface area contributed by atoms with Gasteiger partial charge in [-0.05, 0) is 44.2 Å². The summed E-state index contributed by atoms with van der Waals surface area (Å²) in [5.41, 5.74) is 3.25. The second-order valence-corrected chi connectivity index (χ2v) is 7.29. The van der Waals surface area contributed by atoms with E-state index in [1.165, 1.54) is 31.2 Å². The van der Waals surface area contributed by atoms with E-state index in [0.717, 1.165) is 32.8 Å². The molecule has 22 heavy (non-hydrogen) atoms. The second-order valence-electron chi connectivity index (χ2n) is 7.29. The van der Waals surface area contributed by atoms with Crippen LogP contribution in [-0.4, -0.2) is 43.3 Å². The Morgan fingerprint density at radius 3 is 2.77 bits per heavy atom. The molecule has 122 valence electrons. The van der Waals surface area contributed by atoms with Crippen LogP contribution in [0.15, 0.2) is 24.3 Å². The van der Waals surface area contributed by atoms with Crippen LogP contribution in [0, 0.1) is 0 Å². The van der Waals surface area contributed by atoms with Gasteiger partial charge in [0, 0.05) is 31.2 Å². The number of nitrogens with one attached hydrogen (secondary N) is 1. The smallest absolute Gasteiger partial charge is 0.0594 e. The van der Waals surface area contributed by atoms with Crippen molar-refractivity contribution in [2.45, 2.75) is 51.1 Å². The van der Waals surface area contributed by atoms with Gasteiger partial charge in [-0.3, -0.25) is 4.90 Å². The first-order valence-corrected chi connectivity index (χ1v) is 8.81. The number of hydrogen-bond donors (Lipinski definition) is 1. The summed E-state index contributed by atoms with van der Waals surface area (Å²) in [6.07, 6.45) is 5.14. The van der Waals surface area contributed by atoms with Crippen molar-refractivity contribution in [3.63, 3.8) is 0 Å². The highest BCUT2D eigenvalue weighted by molar-refractivity contribution is 5.31. The molecule has 3 rings (SSSR count). The molecule has 0 amide bonds. The van der Waals surface area contributed by atoms with Crippen molar-refractivity contribution in [2.24, 2.45) is 0 Å². The average molecular weight is 302 g/mol. The largest absolute Gasteiger partial charge is 0.379 e. The zero-order chi connectivity index (χ0) is 15.4. The quantitative estimate of drug-likeness (QED) is 0.865. The maximum Gasteiger partial charge on any atom is 0.0594 e. The molecule has 0 radical (unpaired) electrons. The first-order chi connectivity index (χ1) is 10.7. The summed E-state index contributed by atoms with van der Waals surface area (Å²) in [6.45, 7) is 9.59. The second kappa shape index (κ2) is 7.12. The molecular formula is C19H30N2O. The molecular weight excluding hydrogens is 272 g/mol. The van der Waals surface area contributed by atoms with Crippen LogP contribution in [0.1, 0.15) is 50.3 Å². The van der Waals surface area contributed by atoms with Gasteiger partial charge in [0.1, 0.15) is 0 Å². The Morgan fingerprint density at radius 1 is 1.18 bits per heavy atom. The lowest BCUT2D eigenvalue weighted by atomic mass is 9.96. The summed E-state index contributed by atoms with van der Waals surface area (Å²) in [5.74, 6) is 0. The van der Waals surface area contributed by atoms with Crippen molar-refractivity contribution >= 4 is 0 Å². The molecule has 1 aliphatic heterocycles. The summed E-state index contributed by atoms with van der Waals surface area (Å²) < 4.78 is 5.49. The lowest BCUT2D eigenvalue weighted by molar-refractivity contribution is -0.0104. The van der Waals surface area contributed by atoms with Gasteiger partial charge in [-0.25, -0.2) is 0 Å². The first kappa shape index (κ1) is 16.0. The maximum absolute atomic E-state index is 5.49. The molecule has 0 saturated carbocycles. The van der Waals surface area contributed by atoms with E-state index in [1.54, 1.807) is 5.56 Å². The van der Waals surface area contributed by atoms with Gasteiger partial charge in [0.25, 0.3) is 0 Å². The topological polar surface area (TPSA) is 24.5 Å². The van der Waals surface area contributed by atoms with Gasteiger partial charge in [0.15, 0.2) is 0 Å².